The molecule has 0 aliphatic carbocycles. The molecule has 0 saturated carbocycles. The highest BCUT2D eigenvalue weighted by molar-refractivity contribution is 6.24. The third kappa shape index (κ3) is 5.44. The van der Waals surface area contributed by atoms with Gasteiger partial charge in [-0.3, -0.25) is 4.79 Å². The van der Waals surface area contributed by atoms with Crippen LogP contribution in [0.3, 0.4) is 0 Å². The first-order valence-electron chi connectivity index (χ1n) is 10.8. The molecule has 4 aromatic rings. The summed E-state index contributed by atoms with van der Waals surface area (Å²) in [6.45, 7) is 2.41. The summed E-state index contributed by atoms with van der Waals surface area (Å²) in [5, 5.41) is 14.7. The SMILES string of the molecule is CCCCOC(=O)c1ccc(NC(=O)/C(=C\c2ccco2)n2nnnc2-c2ccccc2)cc1. The Kier molecular flexibility index (Phi) is 7.24. The first-order chi connectivity index (χ1) is 16.7. The van der Waals surface area contributed by atoms with E-state index in [1.54, 1.807) is 42.5 Å². The van der Waals surface area contributed by atoms with Crippen LogP contribution >= 0.6 is 0 Å². The molecule has 0 unspecified atom stereocenters. The Balaban J connectivity index is 1.58. The van der Waals surface area contributed by atoms with Gasteiger partial charge in [0.05, 0.1) is 18.4 Å². The molecule has 0 bridgehead atoms. The van der Waals surface area contributed by atoms with Gasteiger partial charge >= 0.3 is 5.97 Å². The Morgan fingerprint density at radius 1 is 1.06 bits per heavy atom. The van der Waals surface area contributed by atoms with Crippen molar-refractivity contribution in [3.8, 4) is 11.4 Å². The van der Waals surface area contributed by atoms with Gasteiger partial charge in [0, 0.05) is 17.3 Å². The number of hydrogen-bond donors (Lipinski definition) is 1. The van der Waals surface area contributed by atoms with E-state index in [0.29, 0.717) is 29.4 Å². The summed E-state index contributed by atoms with van der Waals surface area (Å²) in [4.78, 5) is 25.4. The van der Waals surface area contributed by atoms with E-state index in [2.05, 4.69) is 20.8 Å². The number of carbonyl (C=O) groups is 2. The quantitative estimate of drug-likeness (QED) is 0.223. The summed E-state index contributed by atoms with van der Waals surface area (Å²) in [5.41, 5.74) is 1.81. The van der Waals surface area contributed by atoms with Crippen molar-refractivity contribution in [2.45, 2.75) is 19.8 Å². The van der Waals surface area contributed by atoms with Crippen LogP contribution in [-0.2, 0) is 9.53 Å². The Labute approximate surface area is 196 Å². The summed E-state index contributed by atoms with van der Waals surface area (Å²) >= 11 is 0. The van der Waals surface area contributed by atoms with Crippen molar-refractivity contribution in [1.82, 2.24) is 20.2 Å². The minimum Gasteiger partial charge on any atom is -0.465 e. The van der Waals surface area contributed by atoms with Crippen LogP contribution < -0.4 is 5.32 Å². The Morgan fingerprint density at radius 2 is 1.85 bits per heavy atom. The van der Waals surface area contributed by atoms with E-state index in [-0.39, 0.29) is 5.70 Å². The maximum atomic E-state index is 13.3. The van der Waals surface area contributed by atoms with Gasteiger partial charge in [0.25, 0.3) is 5.91 Å². The van der Waals surface area contributed by atoms with Crippen molar-refractivity contribution >= 4 is 29.3 Å². The molecule has 2 heterocycles. The summed E-state index contributed by atoms with van der Waals surface area (Å²) in [5.74, 6) is 0.00800. The number of benzene rings is 2. The second-order valence-corrected chi connectivity index (χ2v) is 7.35. The summed E-state index contributed by atoms with van der Waals surface area (Å²) < 4.78 is 12.0. The molecule has 2 aromatic carbocycles. The number of hydrogen-bond acceptors (Lipinski definition) is 7. The Hall–Kier alpha value is -4.53. The van der Waals surface area contributed by atoms with Crippen LogP contribution in [0.2, 0.25) is 0 Å². The molecule has 1 amide bonds. The summed E-state index contributed by atoms with van der Waals surface area (Å²) in [6, 6.07) is 19.2. The van der Waals surface area contributed by atoms with Crippen LogP contribution in [0.5, 0.6) is 0 Å². The molecule has 0 radical (unpaired) electrons. The molecule has 0 aliphatic heterocycles. The zero-order valence-corrected chi connectivity index (χ0v) is 18.5. The number of amides is 1. The standard InChI is InChI=1S/C25H23N5O4/c1-2-3-15-34-25(32)19-11-13-20(14-12-19)26-24(31)22(17-21-10-7-16-33-21)30-23(27-28-29-30)18-8-5-4-6-9-18/h4-14,16-17H,2-3,15H2,1H3,(H,26,31)/b22-17+. The maximum Gasteiger partial charge on any atom is 0.338 e. The van der Waals surface area contributed by atoms with Gasteiger partial charge in [0.15, 0.2) is 5.82 Å². The normalized spacial score (nSPS) is 11.3. The molecule has 0 fully saturated rings. The second-order valence-electron chi connectivity index (χ2n) is 7.35. The van der Waals surface area contributed by atoms with Crippen LogP contribution in [0.1, 0.15) is 35.9 Å². The highest BCUT2D eigenvalue weighted by atomic mass is 16.5. The number of esters is 1. The molecule has 9 nitrogen and oxygen atoms in total. The third-order valence-corrected chi connectivity index (χ3v) is 4.89. The maximum absolute atomic E-state index is 13.3. The molecule has 0 saturated heterocycles. The van der Waals surface area contributed by atoms with Gasteiger partial charge in [-0.15, -0.1) is 5.10 Å². The average molecular weight is 457 g/mol. The van der Waals surface area contributed by atoms with Crippen molar-refractivity contribution in [2.24, 2.45) is 0 Å². The predicted molar refractivity (Wildman–Crippen MR) is 126 cm³/mol. The number of furan rings is 1. The van der Waals surface area contributed by atoms with Crippen LogP contribution in [-0.4, -0.2) is 38.7 Å². The molecule has 4 rings (SSSR count). The predicted octanol–water partition coefficient (Wildman–Crippen LogP) is 4.53. The number of rotatable bonds is 9. The van der Waals surface area contributed by atoms with Crippen LogP contribution in [0, 0.1) is 0 Å². The zero-order chi connectivity index (χ0) is 23.8. The Bertz CT molecular complexity index is 1260. The highest BCUT2D eigenvalue weighted by Gasteiger charge is 2.20. The fourth-order valence-corrected chi connectivity index (χ4v) is 3.12. The van der Waals surface area contributed by atoms with Gasteiger partial charge in [-0.1, -0.05) is 43.7 Å². The molecule has 34 heavy (non-hydrogen) atoms. The molecule has 0 spiro atoms. The molecule has 0 atom stereocenters. The number of nitrogens with zero attached hydrogens (tertiary/aromatic N) is 4. The Morgan fingerprint density at radius 3 is 2.56 bits per heavy atom. The molecule has 1 N–H and O–H groups in total. The second kappa shape index (κ2) is 10.9. The number of nitrogens with one attached hydrogen (secondary N) is 1. The first kappa shape index (κ1) is 22.7. The molecular formula is C25H23N5O4. The van der Waals surface area contributed by atoms with Crippen molar-refractivity contribution in [3.63, 3.8) is 0 Å². The van der Waals surface area contributed by atoms with Crippen molar-refractivity contribution < 1.29 is 18.7 Å². The highest BCUT2D eigenvalue weighted by Crippen LogP contribution is 2.22. The van der Waals surface area contributed by atoms with E-state index >= 15 is 0 Å². The zero-order valence-electron chi connectivity index (χ0n) is 18.5. The van der Waals surface area contributed by atoms with E-state index in [1.807, 2.05) is 37.3 Å². The molecule has 172 valence electrons. The number of tetrazole rings is 1. The number of carbonyl (C=O) groups excluding carboxylic acids is 2. The number of unbranched alkanes of at least 4 members (excludes halogenated alkanes) is 1. The van der Waals surface area contributed by atoms with Gasteiger partial charge in [0.2, 0.25) is 0 Å². The number of anilines is 1. The first-order valence-corrected chi connectivity index (χ1v) is 10.8. The topological polar surface area (TPSA) is 112 Å². The fraction of sp³-hybridized carbons (Fsp3) is 0.160. The minimum atomic E-state index is -0.459. The lowest BCUT2D eigenvalue weighted by atomic mass is 10.2. The van der Waals surface area contributed by atoms with Gasteiger partial charge in [-0.05, 0) is 53.2 Å². The lowest BCUT2D eigenvalue weighted by Gasteiger charge is -2.11. The molecule has 2 aromatic heterocycles. The van der Waals surface area contributed by atoms with Crippen LogP contribution in [0.4, 0.5) is 5.69 Å². The molecular weight excluding hydrogens is 434 g/mol. The minimum absolute atomic E-state index is 0.154. The van der Waals surface area contributed by atoms with E-state index in [4.69, 9.17) is 9.15 Å². The van der Waals surface area contributed by atoms with E-state index in [1.165, 1.54) is 10.9 Å². The van der Waals surface area contributed by atoms with Crippen LogP contribution in [0.15, 0.2) is 77.4 Å². The van der Waals surface area contributed by atoms with E-state index < -0.39 is 11.9 Å². The van der Waals surface area contributed by atoms with Crippen molar-refractivity contribution in [1.29, 1.82) is 0 Å². The summed E-state index contributed by atoms with van der Waals surface area (Å²) in [7, 11) is 0. The third-order valence-electron chi connectivity index (χ3n) is 4.89. The van der Waals surface area contributed by atoms with Gasteiger partial charge in [-0.25, -0.2) is 4.79 Å². The average Bonchev–Trinajstić information content (AvgIpc) is 3.56. The smallest absolute Gasteiger partial charge is 0.338 e. The lowest BCUT2D eigenvalue weighted by molar-refractivity contribution is -0.111. The van der Waals surface area contributed by atoms with Gasteiger partial charge in [-0.2, -0.15) is 4.68 Å². The van der Waals surface area contributed by atoms with E-state index in [9.17, 15) is 9.59 Å². The van der Waals surface area contributed by atoms with Crippen molar-refractivity contribution in [3.05, 3.63) is 84.3 Å². The molecule has 9 heteroatoms. The van der Waals surface area contributed by atoms with E-state index in [0.717, 1.165) is 18.4 Å². The summed E-state index contributed by atoms with van der Waals surface area (Å²) in [6.07, 6.45) is 4.82. The van der Waals surface area contributed by atoms with Gasteiger partial charge in [0.1, 0.15) is 11.5 Å². The van der Waals surface area contributed by atoms with Gasteiger partial charge < -0.3 is 14.5 Å². The van der Waals surface area contributed by atoms with Crippen molar-refractivity contribution in [2.75, 3.05) is 11.9 Å². The monoisotopic (exact) mass is 457 g/mol. The number of aromatic nitrogens is 4. The fourth-order valence-electron chi connectivity index (χ4n) is 3.12. The largest absolute Gasteiger partial charge is 0.465 e. The molecule has 0 aliphatic rings. The van der Waals surface area contributed by atoms with Crippen LogP contribution in [0.25, 0.3) is 23.2 Å². The lowest BCUT2D eigenvalue weighted by Crippen LogP contribution is -2.19. The number of ether oxygens (including phenoxy) is 1.